The molecule has 2 heterocycles. The predicted molar refractivity (Wildman–Crippen MR) is 110 cm³/mol. The first-order valence-corrected chi connectivity index (χ1v) is 11.2. The van der Waals surface area contributed by atoms with Crippen LogP contribution in [0.2, 0.25) is 0 Å². The Morgan fingerprint density at radius 1 is 1.15 bits per heavy atom. The molecule has 2 aromatic carbocycles. The highest BCUT2D eigenvalue weighted by Gasteiger charge is 2.24. The zero-order valence-electron chi connectivity index (χ0n) is 14.2. The molecule has 0 bridgehead atoms. The van der Waals surface area contributed by atoms with Gasteiger partial charge in [0.2, 0.25) is 5.91 Å². The summed E-state index contributed by atoms with van der Waals surface area (Å²) in [7, 11) is -2.27. The van der Waals surface area contributed by atoms with Crippen LogP contribution in [0.4, 0.5) is 5.13 Å². The maximum atomic E-state index is 12.4. The van der Waals surface area contributed by atoms with Crippen molar-refractivity contribution in [3.05, 3.63) is 53.9 Å². The maximum absolute atomic E-state index is 12.4. The monoisotopic (exact) mass is 417 g/mol. The fourth-order valence-electron chi connectivity index (χ4n) is 2.72. The fraction of sp³-hybridized carbons (Fsp3) is 0.111. The average Bonchev–Trinajstić information content (AvgIpc) is 3.31. The van der Waals surface area contributed by atoms with E-state index >= 15 is 0 Å². The summed E-state index contributed by atoms with van der Waals surface area (Å²) in [6, 6.07) is 15.1. The Labute approximate surface area is 164 Å². The number of fused-ring (bicyclic) bond motifs is 3. The van der Waals surface area contributed by atoms with Crippen molar-refractivity contribution < 1.29 is 13.2 Å². The van der Waals surface area contributed by atoms with Gasteiger partial charge in [-0.15, -0.1) is 11.3 Å². The average molecular weight is 418 g/mol. The van der Waals surface area contributed by atoms with Crippen molar-refractivity contribution in [1.82, 2.24) is 9.29 Å². The molecule has 0 aliphatic carbocycles. The molecule has 9 heteroatoms. The number of thiophene rings is 1. The molecule has 4 rings (SSSR count). The number of sulfonamides is 1. The molecule has 0 radical (unpaired) electrons. The molecule has 0 aliphatic heterocycles. The fourth-order valence-corrected chi connectivity index (χ4v) is 5.95. The molecule has 1 N–H and O–H groups in total. The van der Waals surface area contributed by atoms with E-state index in [-0.39, 0.29) is 10.8 Å². The highest BCUT2D eigenvalue weighted by atomic mass is 32.2. The Balaban J connectivity index is 1.54. The largest absolute Gasteiger partial charge is 0.301 e. The third-order valence-electron chi connectivity index (χ3n) is 4.06. The van der Waals surface area contributed by atoms with Crippen LogP contribution in [0.15, 0.2) is 58.1 Å². The van der Waals surface area contributed by atoms with Gasteiger partial charge in [-0.25, -0.2) is 13.4 Å². The summed E-state index contributed by atoms with van der Waals surface area (Å²) in [6.07, 6.45) is 0. The predicted octanol–water partition coefficient (Wildman–Crippen LogP) is 3.77. The Morgan fingerprint density at radius 2 is 1.96 bits per heavy atom. The third-order valence-corrected chi connectivity index (χ3v) is 8.17. The topological polar surface area (TPSA) is 79.4 Å². The van der Waals surface area contributed by atoms with Gasteiger partial charge >= 0.3 is 0 Å². The van der Waals surface area contributed by atoms with E-state index in [1.807, 2.05) is 36.4 Å². The number of hydrogen-bond acceptors (Lipinski definition) is 6. The van der Waals surface area contributed by atoms with Crippen LogP contribution in [0.5, 0.6) is 0 Å². The van der Waals surface area contributed by atoms with Gasteiger partial charge in [0.25, 0.3) is 10.0 Å². The number of benzene rings is 2. The Kier molecular flexibility index (Phi) is 4.68. The Morgan fingerprint density at radius 3 is 2.74 bits per heavy atom. The quantitative estimate of drug-likeness (QED) is 0.536. The van der Waals surface area contributed by atoms with Gasteiger partial charge in [0.05, 0.1) is 16.8 Å². The van der Waals surface area contributed by atoms with Crippen LogP contribution >= 0.6 is 22.7 Å². The summed E-state index contributed by atoms with van der Waals surface area (Å²) < 4.78 is 27.0. The summed E-state index contributed by atoms with van der Waals surface area (Å²) in [4.78, 5) is 16.9. The lowest BCUT2D eigenvalue weighted by Crippen LogP contribution is -2.34. The molecule has 27 heavy (non-hydrogen) atoms. The molecule has 0 unspecified atom stereocenters. The van der Waals surface area contributed by atoms with Crippen molar-refractivity contribution in [3.8, 4) is 0 Å². The zero-order valence-corrected chi connectivity index (χ0v) is 16.7. The number of anilines is 1. The number of rotatable bonds is 5. The molecule has 0 saturated carbocycles. The minimum absolute atomic E-state index is 0.212. The smallest absolute Gasteiger partial charge is 0.252 e. The number of aromatic nitrogens is 1. The molecule has 0 atom stereocenters. The molecule has 0 fully saturated rings. The molecule has 6 nitrogen and oxygen atoms in total. The van der Waals surface area contributed by atoms with Crippen LogP contribution in [0.1, 0.15) is 0 Å². The van der Waals surface area contributed by atoms with Crippen molar-refractivity contribution in [2.45, 2.75) is 4.21 Å². The van der Waals surface area contributed by atoms with Crippen LogP contribution in [0, 0.1) is 0 Å². The van der Waals surface area contributed by atoms with Gasteiger partial charge in [0.15, 0.2) is 5.13 Å². The zero-order chi connectivity index (χ0) is 19.0. The summed E-state index contributed by atoms with van der Waals surface area (Å²) in [5.41, 5.74) is 0.827. The summed E-state index contributed by atoms with van der Waals surface area (Å²) in [5.74, 6) is -0.430. The molecule has 0 saturated heterocycles. The van der Waals surface area contributed by atoms with Gasteiger partial charge < -0.3 is 5.32 Å². The van der Waals surface area contributed by atoms with Gasteiger partial charge in [-0.3, -0.25) is 4.79 Å². The second-order valence-electron chi connectivity index (χ2n) is 5.89. The molecule has 0 spiro atoms. The lowest BCUT2D eigenvalue weighted by atomic mass is 10.1. The van der Waals surface area contributed by atoms with Gasteiger partial charge in [0, 0.05) is 12.4 Å². The van der Waals surface area contributed by atoms with Gasteiger partial charge in [0.1, 0.15) is 4.21 Å². The highest BCUT2D eigenvalue weighted by Crippen LogP contribution is 2.31. The first kappa shape index (κ1) is 18.1. The van der Waals surface area contributed by atoms with E-state index in [2.05, 4.69) is 10.3 Å². The standard InChI is InChI=1S/C18H15N3O3S3/c1-21(27(23,24)16-7-4-10-25-16)11-15(22)19-18-20-17-13-6-3-2-5-12(13)8-9-14(17)26-18/h2-10H,11H2,1H3,(H,19,20,22). The minimum atomic E-state index is -3.66. The van der Waals surface area contributed by atoms with Crippen LogP contribution in [-0.2, 0) is 14.8 Å². The number of carbonyl (C=O) groups is 1. The van der Waals surface area contributed by atoms with Gasteiger partial charge in [-0.1, -0.05) is 47.7 Å². The second-order valence-corrected chi connectivity index (χ2v) is 10.1. The first-order chi connectivity index (χ1) is 12.9. The lowest BCUT2D eigenvalue weighted by molar-refractivity contribution is -0.116. The lowest BCUT2D eigenvalue weighted by Gasteiger charge is -2.14. The van der Waals surface area contributed by atoms with Crippen molar-refractivity contribution in [2.24, 2.45) is 0 Å². The number of amides is 1. The van der Waals surface area contributed by atoms with Gasteiger partial charge in [-0.2, -0.15) is 4.31 Å². The minimum Gasteiger partial charge on any atom is -0.301 e. The summed E-state index contributed by atoms with van der Waals surface area (Å²) in [6.45, 7) is -0.281. The number of nitrogens with zero attached hydrogens (tertiary/aromatic N) is 2. The SMILES string of the molecule is CN(CC(=O)Nc1nc2c(ccc3ccccc32)s1)S(=O)(=O)c1cccs1. The number of nitrogens with one attached hydrogen (secondary N) is 1. The van der Waals surface area contributed by atoms with Crippen molar-refractivity contribution in [3.63, 3.8) is 0 Å². The summed E-state index contributed by atoms with van der Waals surface area (Å²) >= 11 is 2.49. The third kappa shape index (κ3) is 3.46. The van der Waals surface area contributed by atoms with Crippen LogP contribution in [-0.4, -0.2) is 37.2 Å². The van der Waals surface area contributed by atoms with E-state index in [9.17, 15) is 13.2 Å². The molecule has 0 aliphatic rings. The van der Waals surface area contributed by atoms with E-state index in [1.54, 1.807) is 11.4 Å². The molecule has 4 aromatic rings. The van der Waals surface area contributed by atoms with Crippen LogP contribution in [0.25, 0.3) is 21.0 Å². The highest BCUT2D eigenvalue weighted by molar-refractivity contribution is 7.91. The van der Waals surface area contributed by atoms with E-state index in [1.165, 1.54) is 24.5 Å². The number of likely N-dealkylation sites (N-methyl/N-ethyl adjacent to an activating group) is 1. The van der Waals surface area contributed by atoms with E-state index < -0.39 is 15.9 Å². The van der Waals surface area contributed by atoms with Crippen molar-refractivity contribution in [2.75, 3.05) is 18.9 Å². The van der Waals surface area contributed by atoms with E-state index in [4.69, 9.17) is 0 Å². The van der Waals surface area contributed by atoms with E-state index in [0.717, 1.165) is 36.6 Å². The van der Waals surface area contributed by atoms with Gasteiger partial charge in [-0.05, 0) is 22.9 Å². The molecular weight excluding hydrogens is 402 g/mol. The first-order valence-electron chi connectivity index (χ1n) is 8.03. The van der Waals surface area contributed by atoms with Crippen molar-refractivity contribution >= 4 is 64.7 Å². The Bertz CT molecular complexity index is 1230. The van der Waals surface area contributed by atoms with Crippen LogP contribution in [0.3, 0.4) is 0 Å². The maximum Gasteiger partial charge on any atom is 0.252 e. The number of carbonyl (C=O) groups excluding carboxylic acids is 1. The molecular formula is C18H15N3O3S3. The molecule has 2 aromatic heterocycles. The normalized spacial score (nSPS) is 12.1. The number of thiazole rings is 1. The second kappa shape index (κ2) is 7.01. The summed E-state index contributed by atoms with van der Waals surface area (Å²) in [5, 5.41) is 6.95. The van der Waals surface area contributed by atoms with Crippen molar-refractivity contribution in [1.29, 1.82) is 0 Å². The van der Waals surface area contributed by atoms with Crippen LogP contribution < -0.4 is 5.32 Å². The Hall–Kier alpha value is -2.33. The molecule has 138 valence electrons. The molecule has 1 amide bonds. The van der Waals surface area contributed by atoms with E-state index in [0.29, 0.717) is 5.13 Å². The number of hydrogen-bond donors (Lipinski definition) is 1.